The van der Waals surface area contributed by atoms with Crippen LogP contribution in [-0.4, -0.2) is 44.4 Å². The maximum Gasteiger partial charge on any atom is 0.265 e. The number of nitrogen functional groups attached to an aromatic ring is 1. The van der Waals surface area contributed by atoms with Crippen LogP contribution in [0.15, 0.2) is 0 Å². The van der Waals surface area contributed by atoms with Crippen molar-refractivity contribution in [2.75, 3.05) is 38.3 Å². The Hall–Kier alpha value is -1.76. The number of amides is 2. The first kappa shape index (κ1) is 14.6. The lowest BCUT2D eigenvalue weighted by Crippen LogP contribution is -2.23. The lowest BCUT2D eigenvalue weighted by molar-refractivity contribution is 0.0833. The summed E-state index contributed by atoms with van der Waals surface area (Å²) in [5.74, 6) is -0.132. The van der Waals surface area contributed by atoms with Gasteiger partial charge in [0.25, 0.3) is 11.8 Å². The molecule has 0 aliphatic heterocycles. The summed E-state index contributed by atoms with van der Waals surface area (Å²) in [6, 6.07) is 0. The second kappa shape index (κ2) is 5.32. The summed E-state index contributed by atoms with van der Waals surface area (Å²) in [5.41, 5.74) is 11.8. The molecular weight excluding hydrogens is 276 g/mol. The van der Waals surface area contributed by atoms with Crippen molar-refractivity contribution >= 4 is 33.8 Å². The van der Waals surface area contributed by atoms with Crippen LogP contribution in [0.5, 0.6) is 0 Å². The van der Waals surface area contributed by atoms with Crippen LogP contribution < -0.4 is 16.4 Å². The quantitative estimate of drug-likeness (QED) is 0.847. The van der Waals surface area contributed by atoms with Crippen molar-refractivity contribution in [1.29, 1.82) is 0 Å². The molecule has 6 nitrogen and oxygen atoms in total. The van der Waals surface area contributed by atoms with E-state index >= 15 is 0 Å². The molecule has 1 saturated carbocycles. The largest absolute Gasteiger partial charge is 0.397 e. The van der Waals surface area contributed by atoms with Crippen molar-refractivity contribution in [3.63, 3.8) is 0 Å². The van der Waals surface area contributed by atoms with Crippen LogP contribution in [-0.2, 0) is 0 Å². The predicted octanol–water partition coefficient (Wildman–Crippen LogP) is 0.977. The number of primary amides is 1. The molecule has 110 valence electrons. The fourth-order valence-electron chi connectivity index (χ4n) is 2.07. The molecule has 0 bridgehead atoms. The molecule has 0 spiro atoms. The van der Waals surface area contributed by atoms with E-state index in [0.29, 0.717) is 15.8 Å². The summed E-state index contributed by atoms with van der Waals surface area (Å²) >= 11 is 1.24. The summed E-state index contributed by atoms with van der Waals surface area (Å²) in [4.78, 5) is 27.5. The van der Waals surface area contributed by atoms with Crippen molar-refractivity contribution < 1.29 is 9.59 Å². The Balaban J connectivity index is 2.41. The average Bonchev–Trinajstić information content (AvgIpc) is 3.09. The highest BCUT2D eigenvalue weighted by Gasteiger charge is 2.29. The molecule has 7 heteroatoms. The molecule has 1 heterocycles. The van der Waals surface area contributed by atoms with Gasteiger partial charge in [0.15, 0.2) is 0 Å². The summed E-state index contributed by atoms with van der Waals surface area (Å²) < 4.78 is 0. The zero-order chi connectivity index (χ0) is 15.0. The maximum absolute atomic E-state index is 12.1. The van der Waals surface area contributed by atoms with E-state index in [1.807, 2.05) is 11.9 Å². The summed E-state index contributed by atoms with van der Waals surface area (Å²) in [6.45, 7) is 0.857. The molecule has 1 aromatic rings. The van der Waals surface area contributed by atoms with Crippen molar-refractivity contribution in [3.8, 4) is 0 Å². The van der Waals surface area contributed by atoms with Gasteiger partial charge in [-0.2, -0.15) is 0 Å². The molecular formula is C13H20N4O2S. The molecule has 0 aromatic carbocycles. The molecule has 2 amide bonds. The minimum Gasteiger partial charge on any atom is -0.397 e. The number of rotatable bonds is 5. The van der Waals surface area contributed by atoms with E-state index in [0.717, 1.165) is 6.54 Å². The monoisotopic (exact) mass is 296 g/mol. The first-order valence-corrected chi connectivity index (χ1v) is 7.29. The van der Waals surface area contributed by atoms with Gasteiger partial charge < -0.3 is 21.3 Å². The Kier molecular flexibility index (Phi) is 3.89. The van der Waals surface area contributed by atoms with Gasteiger partial charge in [-0.1, -0.05) is 0 Å². The summed E-state index contributed by atoms with van der Waals surface area (Å²) in [7, 11) is 5.21. The van der Waals surface area contributed by atoms with Gasteiger partial charge in [0.05, 0.1) is 11.3 Å². The number of hydrogen-bond acceptors (Lipinski definition) is 5. The first-order chi connectivity index (χ1) is 9.32. The topological polar surface area (TPSA) is 92.7 Å². The second-order valence-corrected chi connectivity index (χ2v) is 6.41. The van der Waals surface area contributed by atoms with E-state index in [1.165, 1.54) is 29.1 Å². The molecule has 4 N–H and O–H groups in total. The van der Waals surface area contributed by atoms with E-state index in [-0.39, 0.29) is 17.2 Å². The van der Waals surface area contributed by atoms with Crippen LogP contribution in [0.25, 0.3) is 0 Å². The van der Waals surface area contributed by atoms with Gasteiger partial charge in [0.1, 0.15) is 9.88 Å². The molecule has 0 unspecified atom stereocenters. The Morgan fingerprint density at radius 1 is 1.30 bits per heavy atom. The predicted molar refractivity (Wildman–Crippen MR) is 81.3 cm³/mol. The van der Waals surface area contributed by atoms with Gasteiger partial charge in [-0.15, -0.1) is 11.3 Å². The highest BCUT2D eigenvalue weighted by Crippen LogP contribution is 2.40. The average molecular weight is 296 g/mol. The first-order valence-electron chi connectivity index (χ1n) is 6.47. The van der Waals surface area contributed by atoms with Gasteiger partial charge in [0, 0.05) is 27.7 Å². The van der Waals surface area contributed by atoms with Crippen LogP contribution in [0.2, 0.25) is 0 Å². The molecule has 1 aliphatic rings. The highest BCUT2D eigenvalue weighted by atomic mass is 32.1. The zero-order valence-electron chi connectivity index (χ0n) is 12.0. The number of carbonyl (C=O) groups excluding carboxylic acids is 2. The zero-order valence-corrected chi connectivity index (χ0v) is 12.8. The van der Waals surface area contributed by atoms with Crippen LogP contribution in [0.1, 0.15) is 32.9 Å². The number of hydrogen-bond donors (Lipinski definition) is 2. The normalized spacial score (nSPS) is 14.2. The minimum absolute atomic E-state index is 0.193. The molecule has 1 fully saturated rings. The Bertz CT molecular complexity index is 549. The molecule has 1 aliphatic carbocycles. The lowest BCUT2D eigenvalue weighted by atomic mass is 10.2. The van der Waals surface area contributed by atoms with Gasteiger partial charge in [0.2, 0.25) is 0 Å². The van der Waals surface area contributed by atoms with Gasteiger partial charge in [-0.3, -0.25) is 9.59 Å². The standard InChI is InChI=1S/C13H20N4O2S/c1-16(2)12(19)10-9(14)8(11(15)18)13(20-10)17(3)6-7-4-5-7/h7H,4-6,14H2,1-3H3,(H2,15,18). The number of anilines is 2. The highest BCUT2D eigenvalue weighted by molar-refractivity contribution is 7.19. The van der Waals surface area contributed by atoms with Gasteiger partial charge in [-0.05, 0) is 18.8 Å². The number of nitrogens with two attached hydrogens (primary N) is 2. The third-order valence-corrected chi connectivity index (χ3v) is 4.66. The lowest BCUT2D eigenvalue weighted by Gasteiger charge is -2.18. The van der Waals surface area contributed by atoms with Crippen molar-refractivity contribution in [2.24, 2.45) is 11.7 Å². The van der Waals surface area contributed by atoms with E-state index in [1.54, 1.807) is 14.1 Å². The summed E-state index contributed by atoms with van der Waals surface area (Å²) in [6.07, 6.45) is 2.42. The number of thiophene rings is 1. The van der Waals surface area contributed by atoms with Crippen molar-refractivity contribution in [1.82, 2.24) is 4.90 Å². The van der Waals surface area contributed by atoms with Crippen molar-refractivity contribution in [2.45, 2.75) is 12.8 Å². The Morgan fingerprint density at radius 3 is 2.35 bits per heavy atom. The van der Waals surface area contributed by atoms with Gasteiger partial charge >= 0.3 is 0 Å². The maximum atomic E-state index is 12.1. The smallest absolute Gasteiger partial charge is 0.265 e. The van der Waals surface area contributed by atoms with Crippen LogP contribution in [0, 0.1) is 5.92 Å². The third kappa shape index (κ3) is 2.72. The molecule has 2 rings (SSSR count). The minimum atomic E-state index is -0.589. The van der Waals surface area contributed by atoms with Crippen LogP contribution >= 0.6 is 11.3 Å². The fraction of sp³-hybridized carbons (Fsp3) is 0.538. The fourth-order valence-corrected chi connectivity index (χ4v) is 3.29. The third-order valence-electron chi connectivity index (χ3n) is 3.35. The Labute approximate surface area is 122 Å². The van der Waals surface area contributed by atoms with Crippen LogP contribution in [0.4, 0.5) is 10.7 Å². The van der Waals surface area contributed by atoms with E-state index in [9.17, 15) is 9.59 Å². The second-order valence-electron chi connectivity index (χ2n) is 5.41. The summed E-state index contributed by atoms with van der Waals surface area (Å²) in [5, 5.41) is 0.687. The van der Waals surface area contributed by atoms with E-state index in [2.05, 4.69) is 0 Å². The molecule has 0 radical (unpaired) electrons. The molecule has 0 atom stereocenters. The van der Waals surface area contributed by atoms with Crippen molar-refractivity contribution in [3.05, 3.63) is 10.4 Å². The van der Waals surface area contributed by atoms with E-state index < -0.39 is 5.91 Å². The molecule has 0 saturated heterocycles. The van der Waals surface area contributed by atoms with Crippen LogP contribution in [0.3, 0.4) is 0 Å². The molecule has 1 aromatic heterocycles. The number of nitrogens with zero attached hydrogens (tertiary/aromatic N) is 2. The Morgan fingerprint density at radius 2 is 1.90 bits per heavy atom. The van der Waals surface area contributed by atoms with Gasteiger partial charge in [-0.25, -0.2) is 0 Å². The SMILES string of the molecule is CN(C)C(=O)c1sc(N(C)CC2CC2)c(C(N)=O)c1N. The molecule has 20 heavy (non-hydrogen) atoms. The number of carbonyl (C=O) groups is 2. The van der Waals surface area contributed by atoms with E-state index in [4.69, 9.17) is 11.5 Å².